The number of carbonyl (C=O) groups is 1. The Morgan fingerprint density at radius 3 is 2.95 bits per heavy atom. The molecule has 1 aromatic heterocycles. The predicted octanol–water partition coefficient (Wildman–Crippen LogP) is 0.704. The molecule has 0 radical (unpaired) electrons. The molecule has 0 aromatic carbocycles. The maximum atomic E-state index is 11.6. The highest BCUT2D eigenvalue weighted by molar-refractivity contribution is 8.01. The first-order valence-corrected chi connectivity index (χ1v) is 9.12. The quantitative estimate of drug-likeness (QED) is 0.736. The Hall–Kier alpha value is -0.870. The van der Waals surface area contributed by atoms with Gasteiger partial charge in [0, 0.05) is 6.54 Å². The SMILES string of the molecule is O=C(O)CSc1nnc(NCC2CCCS2(=O)=O)s1. The second-order valence-corrected chi connectivity index (χ2v) is 8.67. The van der Waals surface area contributed by atoms with Crippen LogP contribution in [-0.2, 0) is 14.6 Å². The molecule has 0 aliphatic carbocycles. The summed E-state index contributed by atoms with van der Waals surface area (Å²) < 4.78 is 23.8. The van der Waals surface area contributed by atoms with Crippen molar-refractivity contribution in [1.82, 2.24) is 10.2 Å². The molecule has 7 nitrogen and oxygen atoms in total. The summed E-state index contributed by atoms with van der Waals surface area (Å²) in [5.74, 6) is -0.715. The van der Waals surface area contributed by atoms with Gasteiger partial charge in [-0.15, -0.1) is 10.2 Å². The number of aliphatic carboxylic acids is 1. The summed E-state index contributed by atoms with van der Waals surface area (Å²) in [6.07, 6.45) is 1.39. The van der Waals surface area contributed by atoms with Gasteiger partial charge in [-0.3, -0.25) is 4.79 Å². The van der Waals surface area contributed by atoms with Crippen LogP contribution in [0.2, 0.25) is 0 Å². The van der Waals surface area contributed by atoms with Gasteiger partial charge in [-0.25, -0.2) is 8.42 Å². The molecule has 1 unspecified atom stereocenters. The number of nitrogens with zero attached hydrogens (tertiary/aromatic N) is 2. The van der Waals surface area contributed by atoms with Crippen molar-refractivity contribution in [3.63, 3.8) is 0 Å². The smallest absolute Gasteiger partial charge is 0.313 e. The molecule has 1 aliphatic heterocycles. The first-order chi connectivity index (χ1) is 8.97. The van der Waals surface area contributed by atoms with Crippen LogP contribution in [0.3, 0.4) is 0 Å². The molecular weight excluding hydrogens is 310 g/mol. The van der Waals surface area contributed by atoms with Gasteiger partial charge < -0.3 is 10.4 Å². The molecule has 1 aromatic rings. The zero-order valence-corrected chi connectivity index (χ0v) is 12.4. The molecule has 1 aliphatic rings. The van der Waals surface area contributed by atoms with Gasteiger partial charge in [0.1, 0.15) is 0 Å². The Labute approximate surface area is 118 Å². The third-order valence-corrected chi connectivity index (χ3v) is 6.94. The lowest BCUT2D eigenvalue weighted by Crippen LogP contribution is -2.24. The van der Waals surface area contributed by atoms with Crippen molar-refractivity contribution in [2.24, 2.45) is 0 Å². The lowest BCUT2D eigenvalue weighted by Gasteiger charge is -2.08. The molecule has 2 heterocycles. The number of anilines is 1. The Kier molecular flexibility index (Phi) is 4.63. The highest BCUT2D eigenvalue weighted by atomic mass is 32.2. The number of aromatic nitrogens is 2. The number of nitrogens with one attached hydrogen (secondary N) is 1. The van der Waals surface area contributed by atoms with Crippen molar-refractivity contribution in [3.05, 3.63) is 0 Å². The lowest BCUT2D eigenvalue weighted by molar-refractivity contribution is -0.133. The van der Waals surface area contributed by atoms with E-state index < -0.39 is 15.8 Å². The van der Waals surface area contributed by atoms with E-state index in [1.807, 2.05) is 0 Å². The maximum absolute atomic E-state index is 11.6. The summed E-state index contributed by atoms with van der Waals surface area (Å²) in [5.41, 5.74) is 0. The van der Waals surface area contributed by atoms with Crippen molar-refractivity contribution >= 4 is 44.0 Å². The average Bonchev–Trinajstić information content (AvgIpc) is 2.90. The molecule has 1 fully saturated rings. The molecule has 106 valence electrons. The highest BCUT2D eigenvalue weighted by Gasteiger charge is 2.31. The zero-order chi connectivity index (χ0) is 13.9. The van der Waals surface area contributed by atoms with Crippen LogP contribution in [0.25, 0.3) is 0 Å². The Morgan fingerprint density at radius 2 is 2.32 bits per heavy atom. The topological polar surface area (TPSA) is 109 Å². The average molecular weight is 323 g/mol. The van der Waals surface area contributed by atoms with Gasteiger partial charge in [0.05, 0.1) is 16.8 Å². The second kappa shape index (κ2) is 6.06. The van der Waals surface area contributed by atoms with Gasteiger partial charge >= 0.3 is 5.97 Å². The van der Waals surface area contributed by atoms with E-state index in [0.29, 0.717) is 28.9 Å². The number of hydrogen-bond acceptors (Lipinski definition) is 8. The van der Waals surface area contributed by atoms with E-state index in [4.69, 9.17) is 5.11 Å². The first-order valence-electron chi connectivity index (χ1n) is 5.61. The standard InChI is InChI=1S/C9H13N3O4S3/c13-7(14)5-17-9-12-11-8(18-9)10-4-6-2-1-3-19(6,15)16/h6H,1-5H2,(H,10,11)(H,13,14). The Bertz CT molecular complexity index is 557. The van der Waals surface area contributed by atoms with E-state index in [2.05, 4.69) is 15.5 Å². The maximum Gasteiger partial charge on any atom is 0.313 e. The van der Waals surface area contributed by atoms with E-state index in [1.54, 1.807) is 0 Å². The third kappa shape index (κ3) is 4.05. The molecular formula is C9H13N3O4S3. The van der Waals surface area contributed by atoms with Crippen molar-refractivity contribution in [2.75, 3.05) is 23.4 Å². The molecule has 0 saturated carbocycles. The predicted molar refractivity (Wildman–Crippen MR) is 73.6 cm³/mol. The summed E-state index contributed by atoms with van der Waals surface area (Å²) in [6, 6.07) is 0. The minimum Gasteiger partial charge on any atom is -0.481 e. The minimum atomic E-state index is -2.96. The van der Waals surface area contributed by atoms with E-state index in [9.17, 15) is 13.2 Å². The highest BCUT2D eigenvalue weighted by Crippen LogP contribution is 2.26. The second-order valence-electron chi connectivity index (χ2n) is 4.07. The van der Waals surface area contributed by atoms with Crippen molar-refractivity contribution in [2.45, 2.75) is 22.4 Å². The van der Waals surface area contributed by atoms with Gasteiger partial charge in [-0.05, 0) is 12.8 Å². The molecule has 2 N–H and O–H groups in total. The van der Waals surface area contributed by atoms with Crippen molar-refractivity contribution < 1.29 is 18.3 Å². The van der Waals surface area contributed by atoms with Crippen LogP contribution in [0.5, 0.6) is 0 Å². The molecule has 2 rings (SSSR count). The van der Waals surface area contributed by atoms with Gasteiger partial charge in [0.2, 0.25) is 5.13 Å². The van der Waals surface area contributed by atoms with E-state index >= 15 is 0 Å². The van der Waals surface area contributed by atoms with Crippen LogP contribution in [0.15, 0.2) is 4.34 Å². The summed E-state index contributed by atoms with van der Waals surface area (Å²) >= 11 is 2.32. The number of carboxylic acid groups (broad SMARTS) is 1. The minimum absolute atomic E-state index is 0.0639. The third-order valence-electron chi connectivity index (χ3n) is 2.67. The molecule has 0 spiro atoms. The van der Waals surface area contributed by atoms with Gasteiger partial charge in [0.15, 0.2) is 14.2 Å². The number of rotatable bonds is 6. The van der Waals surface area contributed by atoms with Crippen LogP contribution in [0.4, 0.5) is 5.13 Å². The van der Waals surface area contributed by atoms with E-state index in [0.717, 1.165) is 11.8 Å². The van der Waals surface area contributed by atoms with Crippen LogP contribution >= 0.6 is 23.1 Å². The fourth-order valence-electron chi connectivity index (χ4n) is 1.75. The summed E-state index contributed by atoms with van der Waals surface area (Å²) in [7, 11) is -2.96. The van der Waals surface area contributed by atoms with Gasteiger partial charge in [0.25, 0.3) is 0 Å². The zero-order valence-electron chi connectivity index (χ0n) is 9.90. The molecule has 1 saturated heterocycles. The Balaban J connectivity index is 1.85. The number of hydrogen-bond donors (Lipinski definition) is 2. The van der Waals surface area contributed by atoms with Gasteiger partial charge in [-0.2, -0.15) is 0 Å². The van der Waals surface area contributed by atoms with Crippen LogP contribution in [0.1, 0.15) is 12.8 Å². The molecule has 10 heteroatoms. The monoisotopic (exact) mass is 323 g/mol. The number of sulfone groups is 1. The number of carboxylic acids is 1. The van der Waals surface area contributed by atoms with Gasteiger partial charge in [-0.1, -0.05) is 23.1 Å². The molecule has 1 atom stereocenters. The fourth-order valence-corrected chi connectivity index (χ4v) is 5.00. The Morgan fingerprint density at radius 1 is 1.53 bits per heavy atom. The molecule has 0 bridgehead atoms. The van der Waals surface area contributed by atoms with E-state index in [-0.39, 0.29) is 16.8 Å². The largest absolute Gasteiger partial charge is 0.481 e. The van der Waals surface area contributed by atoms with Crippen molar-refractivity contribution in [1.29, 1.82) is 0 Å². The summed E-state index contributed by atoms with van der Waals surface area (Å²) in [4.78, 5) is 10.4. The summed E-state index contributed by atoms with van der Waals surface area (Å²) in [6.45, 7) is 0.334. The fraction of sp³-hybridized carbons (Fsp3) is 0.667. The molecule has 19 heavy (non-hydrogen) atoms. The molecule has 0 amide bonds. The van der Waals surface area contributed by atoms with Crippen LogP contribution < -0.4 is 5.32 Å². The van der Waals surface area contributed by atoms with E-state index in [1.165, 1.54) is 11.3 Å². The van der Waals surface area contributed by atoms with Crippen molar-refractivity contribution in [3.8, 4) is 0 Å². The van der Waals surface area contributed by atoms with Crippen LogP contribution in [0, 0.1) is 0 Å². The first kappa shape index (κ1) is 14.5. The lowest BCUT2D eigenvalue weighted by atomic mass is 10.2. The summed E-state index contributed by atoms with van der Waals surface area (Å²) in [5, 5.41) is 19.3. The normalized spacial score (nSPS) is 21.4. The van der Waals surface area contributed by atoms with Crippen LogP contribution in [-0.4, -0.2) is 53.0 Å². The number of thioether (sulfide) groups is 1.